The molecule has 0 aliphatic carbocycles. The minimum absolute atomic E-state index is 0.780. The van der Waals surface area contributed by atoms with E-state index in [4.69, 9.17) is 4.74 Å². The van der Waals surface area contributed by atoms with Gasteiger partial charge in [0.1, 0.15) is 12.2 Å². The maximum absolute atomic E-state index is 5.53. The maximum Gasteiger partial charge on any atom is 0.137 e. The molecule has 18 heavy (non-hydrogen) atoms. The summed E-state index contributed by atoms with van der Waals surface area (Å²) in [5.41, 5.74) is 0. The molecular formula is C13H22N4O. The van der Waals surface area contributed by atoms with Gasteiger partial charge in [-0.15, -0.1) is 11.8 Å². The summed E-state index contributed by atoms with van der Waals surface area (Å²) in [6.45, 7) is 5.41. The van der Waals surface area contributed by atoms with Crippen LogP contribution < -0.4 is 5.32 Å². The van der Waals surface area contributed by atoms with Gasteiger partial charge in [0, 0.05) is 32.6 Å². The van der Waals surface area contributed by atoms with Crippen LogP contribution in [0, 0.1) is 11.8 Å². The lowest BCUT2D eigenvalue weighted by atomic mass is 10.3. The van der Waals surface area contributed by atoms with E-state index in [9.17, 15) is 0 Å². The zero-order valence-electron chi connectivity index (χ0n) is 11.0. The van der Waals surface area contributed by atoms with Crippen LogP contribution in [0.2, 0.25) is 0 Å². The summed E-state index contributed by atoms with van der Waals surface area (Å²) in [6, 6.07) is 0. The van der Waals surface area contributed by atoms with Crippen molar-refractivity contribution in [2.45, 2.75) is 32.6 Å². The summed E-state index contributed by atoms with van der Waals surface area (Å²) in [5, 5.41) is 9.96. The van der Waals surface area contributed by atoms with Gasteiger partial charge in [-0.25, -0.2) is 4.98 Å². The molecule has 0 unspecified atom stereocenters. The van der Waals surface area contributed by atoms with E-state index >= 15 is 0 Å². The molecule has 5 nitrogen and oxygen atoms in total. The minimum atomic E-state index is 0.780. The molecule has 0 aliphatic heterocycles. The maximum atomic E-state index is 5.53. The van der Waals surface area contributed by atoms with Gasteiger partial charge in [-0.1, -0.05) is 0 Å². The summed E-state index contributed by atoms with van der Waals surface area (Å²) in [4.78, 5) is 4.06. The molecule has 100 valence electrons. The topological polar surface area (TPSA) is 62.8 Å². The van der Waals surface area contributed by atoms with Crippen molar-refractivity contribution in [3.05, 3.63) is 12.2 Å². The van der Waals surface area contributed by atoms with Crippen molar-refractivity contribution in [3.8, 4) is 11.8 Å². The Kier molecular flexibility index (Phi) is 8.77. The Labute approximate surface area is 109 Å². The molecule has 0 atom stereocenters. The van der Waals surface area contributed by atoms with Gasteiger partial charge < -0.3 is 10.1 Å². The number of hydrogen-bond acceptors (Lipinski definition) is 4. The normalized spacial score (nSPS) is 10.1. The quantitative estimate of drug-likeness (QED) is 0.483. The van der Waals surface area contributed by atoms with E-state index in [1.165, 1.54) is 6.33 Å². The fourth-order valence-electron chi connectivity index (χ4n) is 1.50. The van der Waals surface area contributed by atoms with Gasteiger partial charge in [0.05, 0.1) is 0 Å². The fraction of sp³-hybridized carbons (Fsp3) is 0.692. The van der Waals surface area contributed by atoms with Crippen LogP contribution >= 0.6 is 0 Å². The summed E-state index contributed by atoms with van der Waals surface area (Å²) in [6.07, 6.45) is 5.38. The molecule has 1 aromatic heterocycles. The molecule has 0 aromatic carbocycles. The Balaban J connectivity index is 1.77. The average Bonchev–Trinajstić information content (AvgIpc) is 2.89. The number of aromatic amines is 1. The van der Waals surface area contributed by atoms with E-state index in [1.807, 2.05) is 6.92 Å². The van der Waals surface area contributed by atoms with E-state index in [0.717, 1.165) is 57.8 Å². The van der Waals surface area contributed by atoms with E-state index in [0.29, 0.717) is 0 Å². The second kappa shape index (κ2) is 10.8. The van der Waals surface area contributed by atoms with Gasteiger partial charge in [0.25, 0.3) is 0 Å². The standard InChI is InChI=1S/C13H22N4O/c1-2-3-4-8-14-9-6-11-18-10-5-7-13-15-12-16-17-13/h12,14H,4-11H2,1H3,(H,15,16,17). The summed E-state index contributed by atoms with van der Waals surface area (Å²) in [7, 11) is 0. The molecule has 5 heteroatoms. The van der Waals surface area contributed by atoms with Crippen LogP contribution in [0.3, 0.4) is 0 Å². The molecule has 0 saturated heterocycles. The number of nitrogens with zero attached hydrogens (tertiary/aromatic N) is 2. The van der Waals surface area contributed by atoms with Crippen LogP contribution in [0.1, 0.15) is 32.0 Å². The Morgan fingerprint density at radius 3 is 3.00 bits per heavy atom. The van der Waals surface area contributed by atoms with E-state index < -0.39 is 0 Å². The molecule has 1 aromatic rings. The third-order valence-corrected chi connectivity index (χ3v) is 2.41. The smallest absolute Gasteiger partial charge is 0.137 e. The first-order chi connectivity index (χ1) is 8.93. The molecule has 1 heterocycles. The number of aryl methyl sites for hydroxylation is 1. The second-order valence-electron chi connectivity index (χ2n) is 3.93. The first-order valence-corrected chi connectivity index (χ1v) is 6.46. The van der Waals surface area contributed by atoms with Crippen LogP contribution in [0.15, 0.2) is 6.33 Å². The molecule has 0 fully saturated rings. The highest BCUT2D eigenvalue weighted by Gasteiger charge is 1.95. The predicted octanol–water partition coefficient (Wildman–Crippen LogP) is 1.15. The van der Waals surface area contributed by atoms with Gasteiger partial charge in [0.15, 0.2) is 0 Å². The Morgan fingerprint density at radius 1 is 1.33 bits per heavy atom. The molecule has 0 aliphatic rings. The van der Waals surface area contributed by atoms with E-state index in [1.54, 1.807) is 0 Å². The number of H-pyrrole nitrogens is 1. The highest BCUT2D eigenvalue weighted by atomic mass is 16.5. The minimum Gasteiger partial charge on any atom is -0.381 e. The van der Waals surface area contributed by atoms with Gasteiger partial charge in [0.2, 0.25) is 0 Å². The largest absolute Gasteiger partial charge is 0.381 e. The summed E-state index contributed by atoms with van der Waals surface area (Å²) < 4.78 is 5.53. The van der Waals surface area contributed by atoms with E-state index in [2.05, 4.69) is 32.3 Å². The van der Waals surface area contributed by atoms with Gasteiger partial charge in [-0.3, -0.25) is 5.10 Å². The predicted molar refractivity (Wildman–Crippen MR) is 71.1 cm³/mol. The highest BCUT2D eigenvalue weighted by molar-refractivity contribution is 4.95. The summed E-state index contributed by atoms with van der Waals surface area (Å²) >= 11 is 0. The molecule has 0 radical (unpaired) electrons. The zero-order chi connectivity index (χ0) is 12.9. The fourth-order valence-corrected chi connectivity index (χ4v) is 1.50. The van der Waals surface area contributed by atoms with Crippen LogP contribution in [0.25, 0.3) is 0 Å². The Morgan fingerprint density at radius 2 is 2.22 bits per heavy atom. The van der Waals surface area contributed by atoms with Gasteiger partial charge in [-0.2, -0.15) is 5.10 Å². The van der Waals surface area contributed by atoms with Gasteiger partial charge in [-0.05, 0) is 26.3 Å². The lowest BCUT2D eigenvalue weighted by molar-refractivity contribution is 0.129. The van der Waals surface area contributed by atoms with Crippen molar-refractivity contribution in [1.82, 2.24) is 20.5 Å². The molecule has 0 amide bonds. The van der Waals surface area contributed by atoms with Crippen LogP contribution in [-0.4, -0.2) is 41.5 Å². The van der Waals surface area contributed by atoms with Crippen LogP contribution in [-0.2, 0) is 11.2 Å². The third kappa shape index (κ3) is 7.82. The first kappa shape index (κ1) is 14.7. The number of hydrogen-bond donors (Lipinski definition) is 2. The number of nitrogens with one attached hydrogen (secondary N) is 2. The number of aromatic nitrogens is 3. The molecule has 0 spiro atoms. The first-order valence-electron chi connectivity index (χ1n) is 6.46. The van der Waals surface area contributed by atoms with Crippen molar-refractivity contribution < 1.29 is 4.74 Å². The lowest BCUT2D eigenvalue weighted by Crippen LogP contribution is -2.17. The van der Waals surface area contributed by atoms with Crippen molar-refractivity contribution in [2.24, 2.45) is 0 Å². The molecule has 0 bridgehead atoms. The highest BCUT2D eigenvalue weighted by Crippen LogP contribution is 1.94. The average molecular weight is 250 g/mol. The van der Waals surface area contributed by atoms with Crippen molar-refractivity contribution in [3.63, 3.8) is 0 Å². The lowest BCUT2D eigenvalue weighted by Gasteiger charge is -2.04. The molecular weight excluding hydrogens is 228 g/mol. The monoisotopic (exact) mass is 250 g/mol. The Bertz CT molecular complexity index is 340. The zero-order valence-corrected chi connectivity index (χ0v) is 11.0. The molecule has 1 rings (SSSR count). The van der Waals surface area contributed by atoms with Crippen molar-refractivity contribution in [1.29, 1.82) is 0 Å². The molecule has 2 N–H and O–H groups in total. The number of rotatable bonds is 10. The Hall–Kier alpha value is -1.38. The molecule has 0 saturated carbocycles. The third-order valence-electron chi connectivity index (χ3n) is 2.41. The van der Waals surface area contributed by atoms with Gasteiger partial charge >= 0.3 is 0 Å². The van der Waals surface area contributed by atoms with Crippen molar-refractivity contribution in [2.75, 3.05) is 26.3 Å². The van der Waals surface area contributed by atoms with E-state index in [-0.39, 0.29) is 0 Å². The SMILES string of the molecule is CC#CCCNCCCOCCCc1ncn[nH]1. The second-order valence-corrected chi connectivity index (χ2v) is 3.93. The van der Waals surface area contributed by atoms with Crippen molar-refractivity contribution >= 4 is 0 Å². The number of ether oxygens (including phenoxy) is 1. The van der Waals surface area contributed by atoms with Crippen LogP contribution in [0.4, 0.5) is 0 Å². The van der Waals surface area contributed by atoms with Crippen LogP contribution in [0.5, 0.6) is 0 Å². The summed E-state index contributed by atoms with van der Waals surface area (Å²) in [5.74, 6) is 6.83.